The molecule has 110 valence electrons. The topological polar surface area (TPSA) is 41.6 Å². The van der Waals surface area contributed by atoms with Gasteiger partial charge in [-0.15, -0.1) is 0 Å². The average molecular weight is 349 g/mol. The molecule has 1 N–H and O–H groups in total. The second-order valence-electron chi connectivity index (χ2n) is 4.66. The van der Waals surface area contributed by atoms with Crippen LogP contribution in [0.25, 0.3) is 0 Å². The maximum atomic E-state index is 11.9. The summed E-state index contributed by atoms with van der Waals surface area (Å²) in [4.78, 5) is 18.7. The molecule has 0 saturated heterocycles. The van der Waals surface area contributed by atoms with Gasteiger partial charge in [-0.25, -0.2) is 10.3 Å². The summed E-state index contributed by atoms with van der Waals surface area (Å²) in [5, 5.41) is 0. The van der Waals surface area contributed by atoms with Crippen LogP contribution in [0.4, 0.5) is 4.79 Å². The van der Waals surface area contributed by atoms with Crippen molar-refractivity contribution in [2.75, 3.05) is 7.05 Å². The Bertz CT molecular complexity index is 573. The van der Waals surface area contributed by atoms with E-state index >= 15 is 0 Å². The molecule has 0 fully saturated rings. The Balaban J connectivity index is 1.76. The molecule has 0 heterocycles. The lowest BCUT2D eigenvalue weighted by Gasteiger charge is -2.17. The molecule has 0 unspecified atom stereocenters. The number of hydrogen-bond donors (Lipinski definition) is 1. The van der Waals surface area contributed by atoms with Crippen LogP contribution in [0.5, 0.6) is 0 Å². The highest BCUT2D eigenvalue weighted by Gasteiger charge is 2.08. The van der Waals surface area contributed by atoms with Crippen LogP contribution in [0.3, 0.4) is 0 Å². The van der Waals surface area contributed by atoms with Crippen LogP contribution < -0.4 is 5.48 Å². The number of benzene rings is 2. The molecule has 21 heavy (non-hydrogen) atoms. The smallest absolute Gasteiger partial charge is 0.322 e. The van der Waals surface area contributed by atoms with Gasteiger partial charge in [0, 0.05) is 18.1 Å². The van der Waals surface area contributed by atoms with Gasteiger partial charge >= 0.3 is 6.03 Å². The number of hydrogen-bond acceptors (Lipinski definition) is 2. The highest BCUT2D eigenvalue weighted by Crippen LogP contribution is 2.11. The summed E-state index contributed by atoms with van der Waals surface area (Å²) in [7, 11) is 1.73. The van der Waals surface area contributed by atoms with E-state index < -0.39 is 0 Å². The zero-order valence-corrected chi connectivity index (χ0v) is 13.3. The zero-order chi connectivity index (χ0) is 15.1. The van der Waals surface area contributed by atoms with Crippen LogP contribution >= 0.6 is 15.9 Å². The molecule has 4 nitrogen and oxygen atoms in total. The van der Waals surface area contributed by atoms with Crippen LogP contribution in [0.1, 0.15) is 11.1 Å². The number of carbonyl (C=O) groups is 1. The molecule has 0 aliphatic rings. The van der Waals surface area contributed by atoms with Crippen LogP contribution in [0.15, 0.2) is 59.1 Å². The molecule has 0 radical (unpaired) electrons. The molecule has 2 aromatic carbocycles. The molecule has 5 heteroatoms. The third-order valence-corrected chi connectivity index (χ3v) is 3.45. The van der Waals surface area contributed by atoms with Crippen molar-refractivity contribution in [1.29, 1.82) is 0 Å². The van der Waals surface area contributed by atoms with E-state index in [1.165, 1.54) is 0 Å². The lowest BCUT2D eigenvalue weighted by atomic mass is 10.2. The van der Waals surface area contributed by atoms with Gasteiger partial charge < -0.3 is 4.90 Å². The molecule has 0 saturated carbocycles. The minimum Gasteiger partial charge on any atom is -0.322 e. The molecular weight excluding hydrogens is 332 g/mol. The normalized spacial score (nSPS) is 10.2. The maximum absolute atomic E-state index is 11.9. The van der Waals surface area contributed by atoms with E-state index in [-0.39, 0.29) is 6.03 Å². The maximum Gasteiger partial charge on any atom is 0.341 e. The van der Waals surface area contributed by atoms with E-state index in [1.807, 2.05) is 54.6 Å². The lowest BCUT2D eigenvalue weighted by molar-refractivity contribution is 0.0382. The number of nitrogens with zero attached hydrogens (tertiary/aromatic N) is 1. The Hall–Kier alpha value is -1.85. The fraction of sp³-hybridized carbons (Fsp3) is 0.188. The van der Waals surface area contributed by atoms with Gasteiger partial charge in [0.05, 0.1) is 6.61 Å². The second-order valence-corrected chi connectivity index (χ2v) is 5.58. The Morgan fingerprint density at radius 1 is 1.10 bits per heavy atom. The fourth-order valence-corrected chi connectivity index (χ4v) is 2.03. The van der Waals surface area contributed by atoms with Crippen molar-refractivity contribution in [3.05, 3.63) is 70.2 Å². The molecule has 0 aliphatic heterocycles. The first-order valence-electron chi connectivity index (χ1n) is 6.56. The third-order valence-electron chi connectivity index (χ3n) is 2.92. The first-order valence-corrected chi connectivity index (χ1v) is 7.36. The third kappa shape index (κ3) is 5.21. The molecular formula is C16H17BrN2O2. The summed E-state index contributed by atoms with van der Waals surface area (Å²) < 4.78 is 1.02. The van der Waals surface area contributed by atoms with E-state index in [1.54, 1.807) is 11.9 Å². The second kappa shape index (κ2) is 7.81. The molecule has 2 rings (SSSR count). The minimum absolute atomic E-state index is 0.270. The van der Waals surface area contributed by atoms with E-state index in [2.05, 4.69) is 21.4 Å². The van der Waals surface area contributed by atoms with E-state index in [0.717, 1.165) is 15.6 Å². The SMILES string of the molecule is CN(Cc1ccc(Br)cc1)C(=O)NOCc1ccccc1. The van der Waals surface area contributed by atoms with Crippen molar-refractivity contribution in [2.45, 2.75) is 13.2 Å². The Morgan fingerprint density at radius 2 is 1.76 bits per heavy atom. The van der Waals surface area contributed by atoms with Gasteiger partial charge in [0.15, 0.2) is 0 Å². The molecule has 2 aromatic rings. The highest BCUT2D eigenvalue weighted by molar-refractivity contribution is 9.10. The first-order chi connectivity index (χ1) is 10.1. The summed E-state index contributed by atoms with van der Waals surface area (Å²) >= 11 is 3.38. The average Bonchev–Trinajstić information content (AvgIpc) is 2.50. The van der Waals surface area contributed by atoms with Gasteiger partial charge in [-0.05, 0) is 23.3 Å². The van der Waals surface area contributed by atoms with Gasteiger partial charge in [0.25, 0.3) is 0 Å². The number of urea groups is 1. The van der Waals surface area contributed by atoms with Crippen LogP contribution in [-0.4, -0.2) is 18.0 Å². The van der Waals surface area contributed by atoms with Gasteiger partial charge in [-0.1, -0.05) is 58.4 Å². The number of carbonyl (C=O) groups excluding carboxylic acids is 1. The van der Waals surface area contributed by atoms with E-state index in [9.17, 15) is 4.79 Å². The number of rotatable bonds is 5. The monoisotopic (exact) mass is 348 g/mol. The standard InChI is InChI=1S/C16H17BrN2O2/c1-19(11-13-7-9-15(17)10-8-13)16(20)18-21-12-14-5-3-2-4-6-14/h2-10H,11-12H2,1H3,(H,18,20). The predicted octanol–water partition coefficient (Wildman–Crippen LogP) is 3.72. The lowest BCUT2D eigenvalue weighted by Crippen LogP contribution is -2.36. The van der Waals surface area contributed by atoms with E-state index in [4.69, 9.17) is 4.84 Å². The molecule has 0 bridgehead atoms. The predicted molar refractivity (Wildman–Crippen MR) is 85.4 cm³/mol. The van der Waals surface area contributed by atoms with Crippen molar-refractivity contribution in [3.8, 4) is 0 Å². The molecule has 0 aromatic heterocycles. The fourth-order valence-electron chi connectivity index (χ4n) is 1.77. The van der Waals surface area contributed by atoms with Crippen molar-refractivity contribution in [2.24, 2.45) is 0 Å². The Morgan fingerprint density at radius 3 is 2.43 bits per heavy atom. The van der Waals surface area contributed by atoms with Crippen molar-refractivity contribution in [3.63, 3.8) is 0 Å². The number of halogens is 1. The van der Waals surface area contributed by atoms with Crippen molar-refractivity contribution < 1.29 is 9.63 Å². The summed E-state index contributed by atoms with van der Waals surface area (Å²) in [6.07, 6.45) is 0. The first kappa shape index (κ1) is 15.5. The van der Waals surface area contributed by atoms with Crippen molar-refractivity contribution in [1.82, 2.24) is 10.4 Å². The molecule has 0 aliphatic carbocycles. The number of amides is 2. The summed E-state index contributed by atoms with van der Waals surface area (Å²) in [6, 6.07) is 17.3. The molecule has 0 spiro atoms. The largest absolute Gasteiger partial charge is 0.341 e. The van der Waals surface area contributed by atoms with Gasteiger partial charge in [0.2, 0.25) is 0 Å². The summed E-state index contributed by atoms with van der Waals surface area (Å²) in [6.45, 7) is 0.868. The summed E-state index contributed by atoms with van der Waals surface area (Å²) in [5.74, 6) is 0. The Kier molecular flexibility index (Phi) is 5.78. The van der Waals surface area contributed by atoms with Crippen molar-refractivity contribution >= 4 is 22.0 Å². The quantitative estimate of drug-likeness (QED) is 0.836. The van der Waals surface area contributed by atoms with Gasteiger partial charge in [0.1, 0.15) is 0 Å². The Labute approximate surface area is 132 Å². The van der Waals surface area contributed by atoms with Crippen LogP contribution in [0, 0.1) is 0 Å². The zero-order valence-electron chi connectivity index (χ0n) is 11.8. The van der Waals surface area contributed by atoms with Crippen LogP contribution in [-0.2, 0) is 18.0 Å². The van der Waals surface area contributed by atoms with Gasteiger partial charge in [-0.2, -0.15) is 0 Å². The highest BCUT2D eigenvalue weighted by atomic mass is 79.9. The minimum atomic E-state index is -0.270. The number of nitrogens with one attached hydrogen (secondary N) is 1. The van der Waals surface area contributed by atoms with Crippen LogP contribution in [0.2, 0.25) is 0 Å². The number of hydroxylamine groups is 1. The van der Waals surface area contributed by atoms with Gasteiger partial charge in [-0.3, -0.25) is 4.84 Å². The molecule has 0 atom stereocenters. The molecule has 2 amide bonds. The van der Waals surface area contributed by atoms with E-state index in [0.29, 0.717) is 13.2 Å². The summed E-state index contributed by atoms with van der Waals surface area (Å²) in [5.41, 5.74) is 4.50.